The van der Waals surface area contributed by atoms with Crippen molar-refractivity contribution in [2.75, 3.05) is 18.1 Å². The van der Waals surface area contributed by atoms with Crippen LogP contribution in [0.2, 0.25) is 0 Å². The molecule has 2 unspecified atom stereocenters. The minimum absolute atomic E-state index is 0.0703. The summed E-state index contributed by atoms with van der Waals surface area (Å²) in [5.74, 6) is -1.02. The molecule has 6 heteroatoms. The number of carbonyl (C=O) groups is 1. The Labute approximate surface area is 132 Å². The van der Waals surface area contributed by atoms with E-state index >= 15 is 0 Å². The zero-order valence-corrected chi connectivity index (χ0v) is 13.9. The van der Waals surface area contributed by atoms with Crippen molar-refractivity contribution in [2.45, 2.75) is 38.8 Å². The lowest BCUT2D eigenvalue weighted by Crippen LogP contribution is -2.35. The van der Waals surface area contributed by atoms with Crippen LogP contribution in [0.3, 0.4) is 0 Å². The first-order valence-electron chi connectivity index (χ1n) is 7.54. The van der Waals surface area contributed by atoms with Gasteiger partial charge in [0.05, 0.1) is 17.9 Å². The van der Waals surface area contributed by atoms with E-state index in [9.17, 15) is 13.2 Å². The third-order valence-corrected chi connectivity index (χ3v) is 5.43. The van der Waals surface area contributed by atoms with Gasteiger partial charge in [-0.1, -0.05) is 24.3 Å². The lowest BCUT2D eigenvalue weighted by atomic mass is 10.0. The SMILES string of the molecule is Cc1ccccc1C(C)NC(=O)CS(=O)(=O)CC1CCCO1. The van der Waals surface area contributed by atoms with Gasteiger partial charge in [-0.15, -0.1) is 0 Å². The molecular formula is C16H23NO4S. The van der Waals surface area contributed by atoms with E-state index in [0.29, 0.717) is 6.61 Å². The van der Waals surface area contributed by atoms with Crippen LogP contribution in [0.4, 0.5) is 0 Å². The smallest absolute Gasteiger partial charge is 0.235 e. The van der Waals surface area contributed by atoms with E-state index in [1.165, 1.54) is 0 Å². The highest BCUT2D eigenvalue weighted by atomic mass is 32.2. The zero-order valence-electron chi connectivity index (χ0n) is 13.0. The fourth-order valence-electron chi connectivity index (χ4n) is 2.75. The van der Waals surface area contributed by atoms with Crippen molar-refractivity contribution in [3.8, 4) is 0 Å². The fourth-order valence-corrected chi connectivity index (χ4v) is 4.18. The molecule has 22 heavy (non-hydrogen) atoms. The van der Waals surface area contributed by atoms with Gasteiger partial charge in [0.15, 0.2) is 9.84 Å². The lowest BCUT2D eigenvalue weighted by Gasteiger charge is -2.17. The van der Waals surface area contributed by atoms with Crippen molar-refractivity contribution in [1.29, 1.82) is 0 Å². The fraction of sp³-hybridized carbons (Fsp3) is 0.562. The van der Waals surface area contributed by atoms with Gasteiger partial charge in [0.1, 0.15) is 5.75 Å². The van der Waals surface area contributed by atoms with E-state index in [0.717, 1.165) is 24.0 Å². The number of hydrogen-bond donors (Lipinski definition) is 1. The Hall–Kier alpha value is -1.40. The maximum absolute atomic E-state index is 12.0. The number of hydrogen-bond acceptors (Lipinski definition) is 4. The Balaban J connectivity index is 1.90. The Morgan fingerprint density at radius 1 is 1.41 bits per heavy atom. The van der Waals surface area contributed by atoms with Crippen molar-refractivity contribution >= 4 is 15.7 Å². The highest BCUT2D eigenvalue weighted by Crippen LogP contribution is 2.17. The average Bonchev–Trinajstić information content (AvgIpc) is 2.90. The quantitative estimate of drug-likeness (QED) is 0.865. The summed E-state index contributed by atoms with van der Waals surface area (Å²) >= 11 is 0. The number of rotatable bonds is 6. The number of nitrogens with one attached hydrogen (secondary N) is 1. The molecule has 0 saturated carbocycles. The molecule has 0 aliphatic carbocycles. The topological polar surface area (TPSA) is 72.5 Å². The molecule has 1 heterocycles. The van der Waals surface area contributed by atoms with Crippen LogP contribution in [-0.2, 0) is 19.4 Å². The monoisotopic (exact) mass is 325 g/mol. The van der Waals surface area contributed by atoms with Crippen LogP contribution in [0.15, 0.2) is 24.3 Å². The molecule has 1 N–H and O–H groups in total. The van der Waals surface area contributed by atoms with Gasteiger partial charge in [-0.25, -0.2) is 8.42 Å². The highest BCUT2D eigenvalue weighted by Gasteiger charge is 2.26. The average molecular weight is 325 g/mol. The first-order valence-corrected chi connectivity index (χ1v) is 9.36. The molecular weight excluding hydrogens is 302 g/mol. The summed E-state index contributed by atoms with van der Waals surface area (Å²) < 4.78 is 29.4. The van der Waals surface area contributed by atoms with E-state index < -0.39 is 21.5 Å². The molecule has 2 rings (SSSR count). The largest absolute Gasteiger partial charge is 0.377 e. The van der Waals surface area contributed by atoms with E-state index in [2.05, 4.69) is 5.32 Å². The summed E-state index contributed by atoms with van der Waals surface area (Å²) in [4.78, 5) is 12.0. The molecule has 1 aliphatic rings. The van der Waals surface area contributed by atoms with Crippen LogP contribution >= 0.6 is 0 Å². The van der Waals surface area contributed by atoms with Crippen LogP contribution in [0.1, 0.15) is 36.9 Å². The molecule has 122 valence electrons. The second kappa shape index (κ2) is 7.24. The Morgan fingerprint density at radius 3 is 2.77 bits per heavy atom. The van der Waals surface area contributed by atoms with Crippen LogP contribution < -0.4 is 5.32 Å². The molecule has 1 fully saturated rings. The van der Waals surface area contributed by atoms with Crippen LogP contribution in [-0.4, -0.2) is 38.5 Å². The van der Waals surface area contributed by atoms with Gasteiger partial charge in [0.2, 0.25) is 5.91 Å². The highest BCUT2D eigenvalue weighted by molar-refractivity contribution is 7.92. The third-order valence-electron chi connectivity index (χ3n) is 3.85. The molecule has 0 radical (unpaired) electrons. The van der Waals surface area contributed by atoms with Gasteiger partial charge in [0.25, 0.3) is 0 Å². The minimum Gasteiger partial charge on any atom is -0.377 e. The molecule has 5 nitrogen and oxygen atoms in total. The van der Waals surface area contributed by atoms with E-state index in [1.807, 2.05) is 38.1 Å². The zero-order chi connectivity index (χ0) is 16.2. The van der Waals surface area contributed by atoms with Gasteiger partial charge in [-0.05, 0) is 37.8 Å². The number of aryl methyl sites for hydroxylation is 1. The minimum atomic E-state index is -3.44. The molecule has 1 aromatic rings. The van der Waals surface area contributed by atoms with Crippen molar-refractivity contribution < 1.29 is 17.9 Å². The Kier molecular flexibility index (Phi) is 5.58. The van der Waals surface area contributed by atoms with Crippen molar-refractivity contribution in [3.05, 3.63) is 35.4 Å². The predicted molar refractivity (Wildman–Crippen MR) is 85.4 cm³/mol. The number of amides is 1. The summed E-state index contributed by atoms with van der Waals surface area (Å²) in [6, 6.07) is 7.51. The molecule has 0 spiro atoms. The predicted octanol–water partition coefficient (Wildman–Crippen LogP) is 1.77. The summed E-state index contributed by atoms with van der Waals surface area (Å²) in [7, 11) is -3.44. The second-order valence-corrected chi connectivity index (χ2v) is 7.94. The molecule has 2 atom stereocenters. The third kappa shape index (κ3) is 4.81. The van der Waals surface area contributed by atoms with E-state index in [4.69, 9.17) is 4.74 Å². The van der Waals surface area contributed by atoms with Crippen LogP contribution in [0.25, 0.3) is 0 Å². The van der Waals surface area contributed by atoms with Gasteiger partial charge >= 0.3 is 0 Å². The number of sulfone groups is 1. The van der Waals surface area contributed by atoms with Crippen LogP contribution in [0, 0.1) is 6.92 Å². The summed E-state index contributed by atoms with van der Waals surface area (Å²) in [6.45, 7) is 4.43. The molecule has 1 amide bonds. The van der Waals surface area contributed by atoms with Crippen molar-refractivity contribution in [3.63, 3.8) is 0 Å². The van der Waals surface area contributed by atoms with E-state index in [-0.39, 0.29) is 17.9 Å². The number of benzene rings is 1. The van der Waals surface area contributed by atoms with Crippen molar-refractivity contribution in [1.82, 2.24) is 5.32 Å². The summed E-state index contributed by atoms with van der Waals surface area (Å²) in [6.07, 6.45) is 1.38. The first kappa shape index (κ1) is 17.0. The molecule has 1 aromatic carbocycles. The second-order valence-electron chi connectivity index (χ2n) is 5.84. The summed E-state index contributed by atoms with van der Waals surface area (Å²) in [5.41, 5.74) is 2.06. The summed E-state index contributed by atoms with van der Waals surface area (Å²) in [5, 5.41) is 2.76. The maximum atomic E-state index is 12.0. The lowest BCUT2D eigenvalue weighted by molar-refractivity contribution is -0.119. The van der Waals surface area contributed by atoms with Gasteiger partial charge in [-0.2, -0.15) is 0 Å². The van der Waals surface area contributed by atoms with Gasteiger partial charge in [0, 0.05) is 6.61 Å². The number of ether oxygens (including phenoxy) is 1. The Bertz CT molecular complexity index is 621. The molecule has 0 aromatic heterocycles. The van der Waals surface area contributed by atoms with E-state index in [1.54, 1.807) is 0 Å². The standard InChI is InChI=1S/C16H23NO4S/c1-12-6-3-4-8-15(12)13(2)17-16(18)11-22(19,20)10-14-7-5-9-21-14/h3-4,6,8,13-14H,5,7,9-11H2,1-2H3,(H,17,18). The van der Waals surface area contributed by atoms with Crippen molar-refractivity contribution in [2.24, 2.45) is 0 Å². The molecule has 1 saturated heterocycles. The van der Waals surface area contributed by atoms with Crippen LogP contribution in [0.5, 0.6) is 0 Å². The molecule has 0 bridgehead atoms. The Morgan fingerprint density at radius 2 is 2.14 bits per heavy atom. The molecule has 1 aliphatic heterocycles. The van der Waals surface area contributed by atoms with Gasteiger partial charge in [-0.3, -0.25) is 4.79 Å². The first-order chi connectivity index (χ1) is 10.4. The number of carbonyl (C=O) groups excluding carboxylic acids is 1. The van der Waals surface area contributed by atoms with Gasteiger partial charge < -0.3 is 10.1 Å². The maximum Gasteiger partial charge on any atom is 0.235 e. The normalized spacial score (nSPS) is 19.8.